The van der Waals surface area contributed by atoms with Crippen molar-refractivity contribution in [2.75, 3.05) is 18.0 Å². The van der Waals surface area contributed by atoms with E-state index in [4.69, 9.17) is 9.47 Å². The average molecular weight is 587 g/mol. The molecule has 0 bridgehead atoms. The van der Waals surface area contributed by atoms with Crippen molar-refractivity contribution < 1.29 is 40.6 Å². The molecule has 1 aliphatic rings. The Bertz CT molecular complexity index is 1210. The van der Waals surface area contributed by atoms with Crippen LogP contribution in [0.1, 0.15) is 58.2 Å². The van der Waals surface area contributed by atoms with Crippen LogP contribution < -0.4 is 4.90 Å². The van der Waals surface area contributed by atoms with E-state index in [0.29, 0.717) is 12.2 Å². The van der Waals surface area contributed by atoms with Gasteiger partial charge in [0.1, 0.15) is 5.60 Å². The Morgan fingerprint density at radius 2 is 1.54 bits per heavy atom. The molecule has 1 heterocycles. The quantitative estimate of drug-likeness (QED) is 0.321. The van der Waals surface area contributed by atoms with E-state index in [2.05, 4.69) is 0 Å². The molecule has 226 valence electrons. The molecule has 1 amide bonds. The highest BCUT2D eigenvalue weighted by atomic mass is 19.4. The third kappa shape index (κ3) is 6.99. The molecule has 1 fully saturated rings. The summed E-state index contributed by atoms with van der Waals surface area (Å²) < 4.78 is 97.1. The van der Waals surface area contributed by atoms with Gasteiger partial charge in [-0.3, -0.25) is 0 Å². The van der Waals surface area contributed by atoms with Gasteiger partial charge in [0.25, 0.3) is 5.60 Å². The minimum Gasteiger partial charge on any atom is -0.444 e. The van der Waals surface area contributed by atoms with Crippen molar-refractivity contribution in [1.29, 1.82) is 0 Å². The van der Waals surface area contributed by atoms with E-state index in [1.807, 2.05) is 18.7 Å². The Balaban J connectivity index is 2.04. The molecule has 0 N–H and O–H groups in total. The van der Waals surface area contributed by atoms with Gasteiger partial charge in [0, 0.05) is 36.4 Å². The number of alkyl halides is 6. The first-order valence-corrected chi connectivity index (χ1v) is 13.3. The van der Waals surface area contributed by atoms with Crippen LogP contribution >= 0.6 is 0 Å². The number of hydrogen-bond acceptors (Lipinski definition) is 4. The Hall–Kier alpha value is -3.21. The number of halogens is 6. The molecule has 0 aliphatic carbocycles. The minimum absolute atomic E-state index is 0.163. The van der Waals surface area contributed by atoms with Crippen molar-refractivity contribution in [2.24, 2.45) is 0 Å². The number of carbonyl (C=O) groups is 1. The fourth-order valence-electron chi connectivity index (χ4n) is 4.89. The molecule has 2 aromatic rings. The van der Waals surface area contributed by atoms with E-state index < -0.39 is 41.8 Å². The number of rotatable bonds is 6. The zero-order chi connectivity index (χ0) is 30.8. The molecule has 0 saturated carbocycles. The number of ether oxygens (including phenoxy) is 2. The summed E-state index contributed by atoms with van der Waals surface area (Å²) in [5.41, 5.74) is -5.55. The number of allylic oxidation sites excluding steroid dienone is 1. The summed E-state index contributed by atoms with van der Waals surface area (Å²) in [6.07, 6.45) is -9.10. The zero-order valence-corrected chi connectivity index (χ0v) is 23.9. The largest absolute Gasteiger partial charge is 0.444 e. The normalized spacial score (nSPS) is 19.1. The van der Waals surface area contributed by atoms with E-state index >= 15 is 0 Å². The summed E-state index contributed by atoms with van der Waals surface area (Å²) in [4.78, 5) is 16.2. The molecule has 11 heteroatoms. The molecule has 0 aromatic heterocycles. The van der Waals surface area contributed by atoms with Crippen LogP contribution in [0.15, 0.2) is 54.6 Å². The Kier molecular flexibility index (Phi) is 9.42. The number of piperazine rings is 1. The molecule has 1 saturated heterocycles. The van der Waals surface area contributed by atoms with E-state index in [-0.39, 0.29) is 29.8 Å². The number of benzene rings is 2. The Morgan fingerprint density at radius 3 is 2.07 bits per heavy atom. The van der Waals surface area contributed by atoms with Crippen molar-refractivity contribution >= 4 is 17.9 Å². The Morgan fingerprint density at radius 1 is 0.927 bits per heavy atom. The molecule has 41 heavy (non-hydrogen) atoms. The lowest BCUT2D eigenvalue weighted by molar-refractivity contribution is -0.392. The fraction of sp³-hybridized carbons (Fsp3) is 0.500. The summed E-state index contributed by atoms with van der Waals surface area (Å²) >= 11 is 0. The van der Waals surface area contributed by atoms with Crippen LogP contribution in [-0.2, 0) is 21.7 Å². The van der Waals surface area contributed by atoms with Gasteiger partial charge in [0.2, 0.25) is 0 Å². The highest BCUT2D eigenvalue weighted by Crippen LogP contribution is 2.54. The van der Waals surface area contributed by atoms with Crippen LogP contribution in [0.3, 0.4) is 0 Å². The lowest BCUT2D eigenvalue weighted by Gasteiger charge is -2.46. The maximum atomic E-state index is 14.5. The molecule has 2 aromatic carbocycles. The monoisotopic (exact) mass is 586 g/mol. The summed E-state index contributed by atoms with van der Waals surface area (Å²) in [5.74, 6) is 0. The van der Waals surface area contributed by atoms with Crippen molar-refractivity contribution in [3.8, 4) is 0 Å². The number of nitrogens with zero attached hydrogens (tertiary/aromatic N) is 2. The predicted octanol–water partition coefficient (Wildman–Crippen LogP) is 8.09. The van der Waals surface area contributed by atoms with Crippen molar-refractivity contribution in [1.82, 2.24) is 4.90 Å². The van der Waals surface area contributed by atoms with Gasteiger partial charge < -0.3 is 19.3 Å². The number of anilines is 1. The molecule has 2 atom stereocenters. The first-order valence-electron chi connectivity index (χ1n) is 13.3. The maximum absolute atomic E-state index is 14.5. The lowest BCUT2D eigenvalue weighted by Crippen LogP contribution is -2.59. The second-order valence-electron chi connectivity index (χ2n) is 11.2. The van der Waals surface area contributed by atoms with E-state index in [1.165, 1.54) is 36.4 Å². The van der Waals surface area contributed by atoms with E-state index in [0.717, 1.165) is 12.1 Å². The van der Waals surface area contributed by atoms with E-state index in [1.54, 1.807) is 44.7 Å². The highest BCUT2D eigenvalue weighted by molar-refractivity contribution is 5.72. The second kappa shape index (κ2) is 12.0. The summed E-state index contributed by atoms with van der Waals surface area (Å²) in [7, 11) is 0. The van der Waals surface area contributed by atoms with Gasteiger partial charge in [0.15, 0.2) is 0 Å². The lowest BCUT2D eigenvalue weighted by atomic mass is 9.89. The van der Waals surface area contributed by atoms with Gasteiger partial charge in [-0.2, -0.15) is 26.3 Å². The summed E-state index contributed by atoms with van der Waals surface area (Å²) in [5, 5.41) is 0. The molecular weight excluding hydrogens is 550 g/mol. The topological polar surface area (TPSA) is 42.0 Å². The van der Waals surface area contributed by atoms with Crippen molar-refractivity contribution in [3.05, 3.63) is 71.3 Å². The van der Waals surface area contributed by atoms with Gasteiger partial charge >= 0.3 is 18.4 Å². The third-order valence-corrected chi connectivity index (χ3v) is 6.80. The molecule has 0 radical (unpaired) electrons. The SMILES string of the molecule is CC=Cc1cc(C(OCc2ccccc2)(C(F)(F)F)C(F)(F)F)ccc1N1CC(C)N(C(=O)OC(C)(C)C)CC1C. The molecule has 3 rings (SSSR count). The Labute approximate surface area is 236 Å². The number of amides is 1. The van der Waals surface area contributed by atoms with Gasteiger partial charge in [-0.05, 0) is 64.8 Å². The first kappa shape index (κ1) is 32.3. The molecule has 5 nitrogen and oxygen atoms in total. The van der Waals surface area contributed by atoms with Crippen LogP contribution in [0.5, 0.6) is 0 Å². The predicted molar refractivity (Wildman–Crippen MR) is 145 cm³/mol. The highest BCUT2D eigenvalue weighted by Gasteiger charge is 2.73. The van der Waals surface area contributed by atoms with Crippen molar-refractivity contribution in [3.63, 3.8) is 0 Å². The number of hydrogen-bond donors (Lipinski definition) is 0. The summed E-state index contributed by atoms with van der Waals surface area (Å²) in [6, 6.07) is 9.73. The molecule has 2 unspecified atom stereocenters. The van der Waals surface area contributed by atoms with Crippen LogP contribution in [0.25, 0.3) is 6.08 Å². The second-order valence-corrected chi connectivity index (χ2v) is 11.2. The van der Waals surface area contributed by atoms with Crippen LogP contribution in [0, 0.1) is 0 Å². The molecule has 0 spiro atoms. The fourth-order valence-corrected chi connectivity index (χ4v) is 4.89. The smallest absolute Gasteiger partial charge is 0.430 e. The minimum atomic E-state index is -5.81. The van der Waals surface area contributed by atoms with Gasteiger partial charge in [0.05, 0.1) is 6.61 Å². The average Bonchev–Trinajstić information content (AvgIpc) is 2.84. The molecular formula is C30H36F6N2O3. The third-order valence-electron chi connectivity index (χ3n) is 6.80. The van der Waals surface area contributed by atoms with Crippen LogP contribution in [0.4, 0.5) is 36.8 Å². The maximum Gasteiger partial charge on any atom is 0.430 e. The van der Waals surface area contributed by atoms with Crippen LogP contribution in [0.2, 0.25) is 0 Å². The molecule has 1 aliphatic heterocycles. The van der Waals surface area contributed by atoms with Crippen LogP contribution in [-0.4, -0.2) is 54.1 Å². The van der Waals surface area contributed by atoms with Gasteiger partial charge in [-0.15, -0.1) is 0 Å². The standard InChI is InChI=1S/C30H36F6N2O3/c1-7-11-23-16-24(28(29(31,32)33,30(34,35)36)40-19-22-12-9-8-10-13-22)14-15-25(23)37-17-21(3)38(18-20(37)2)26(39)41-27(4,5)6/h7-16,20-21H,17-19H2,1-6H3. The van der Waals surface area contributed by atoms with Gasteiger partial charge in [-0.1, -0.05) is 48.6 Å². The number of carbonyl (C=O) groups excluding carboxylic acids is 1. The zero-order valence-electron chi connectivity index (χ0n) is 23.9. The van der Waals surface area contributed by atoms with Gasteiger partial charge in [-0.25, -0.2) is 4.79 Å². The summed E-state index contributed by atoms with van der Waals surface area (Å²) in [6.45, 7) is 10.2. The van der Waals surface area contributed by atoms with E-state index in [9.17, 15) is 31.1 Å². The first-order chi connectivity index (χ1) is 18.9. The van der Waals surface area contributed by atoms with Crippen molar-refractivity contribution in [2.45, 2.75) is 83.8 Å².